The normalized spacial score (nSPS) is 25.1. The van der Waals surface area contributed by atoms with E-state index in [1.165, 1.54) is 58.8 Å². The third-order valence-corrected chi connectivity index (χ3v) is 9.19. The lowest BCUT2D eigenvalue weighted by atomic mass is 9.80. The molecule has 4 nitrogen and oxygen atoms in total. The van der Waals surface area contributed by atoms with E-state index in [1.807, 2.05) is 11.8 Å². The first kappa shape index (κ1) is 22.8. The molecule has 0 bridgehead atoms. The van der Waals surface area contributed by atoms with Gasteiger partial charge in [-0.3, -0.25) is 4.90 Å². The van der Waals surface area contributed by atoms with Crippen LogP contribution < -0.4 is 19.9 Å². The fraction of sp³-hybridized carbons (Fsp3) is 0.400. The minimum absolute atomic E-state index is 0.351. The summed E-state index contributed by atoms with van der Waals surface area (Å²) in [5, 5.41) is 3.04. The van der Waals surface area contributed by atoms with Gasteiger partial charge in [0, 0.05) is 28.5 Å². The SMILES string of the molecule is COC1=CC2SC3=c4ccc(OC)cc4=C(c4ccc(OCCN5CCCCC5)cc4)C3C2C=C1. The lowest BCUT2D eigenvalue weighted by Gasteiger charge is -2.26. The summed E-state index contributed by atoms with van der Waals surface area (Å²) in [7, 11) is 3.49. The summed E-state index contributed by atoms with van der Waals surface area (Å²) in [5.41, 5.74) is 2.66. The molecule has 2 heterocycles. The van der Waals surface area contributed by atoms with Crippen LogP contribution in [0.25, 0.3) is 10.5 Å². The van der Waals surface area contributed by atoms with Crippen LogP contribution >= 0.6 is 11.8 Å². The van der Waals surface area contributed by atoms with Crippen molar-refractivity contribution in [2.24, 2.45) is 11.8 Å². The second kappa shape index (κ2) is 9.79. The van der Waals surface area contributed by atoms with E-state index in [4.69, 9.17) is 14.2 Å². The highest BCUT2D eigenvalue weighted by molar-refractivity contribution is 8.09. The molecule has 2 aromatic rings. The van der Waals surface area contributed by atoms with Gasteiger partial charge in [-0.05, 0) is 90.0 Å². The van der Waals surface area contributed by atoms with Crippen LogP contribution in [0, 0.1) is 11.8 Å². The first-order valence-corrected chi connectivity index (χ1v) is 13.6. The third kappa shape index (κ3) is 4.30. The fourth-order valence-corrected chi connectivity index (χ4v) is 7.57. The third-order valence-electron chi connectivity index (χ3n) is 7.74. The molecule has 0 spiro atoms. The fourth-order valence-electron chi connectivity index (χ4n) is 5.94. The van der Waals surface area contributed by atoms with Crippen molar-refractivity contribution in [3.63, 3.8) is 0 Å². The predicted octanol–water partition coefficient (Wildman–Crippen LogP) is 4.33. The molecular weight excluding hydrogens is 454 g/mol. The second-order valence-corrected chi connectivity index (χ2v) is 11.0. The number of hydrogen-bond donors (Lipinski definition) is 0. The zero-order valence-corrected chi connectivity index (χ0v) is 21.4. The van der Waals surface area contributed by atoms with Crippen molar-refractivity contribution in [1.29, 1.82) is 0 Å². The monoisotopic (exact) mass is 487 g/mol. The highest BCUT2D eigenvalue weighted by Crippen LogP contribution is 2.55. The second-order valence-electron chi connectivity index (χ2n) is 9.73. The molecule has 4 aliphatic rings. The van der Waals surface area contributed by atoms with Crippen LogP contribution in [0.5, 0.6) is 11.5 Å². The van der Waals surface area contributed by atoms with Gasteiger partial charge in [-0.15, -0.1) is 11.8 Å². The average Bonchev–Trinajstić information content (AvgIpc) is 3.43. The maximum absolute atomic E-state index is 6.12. The smallest absolute Gasteiger partial charge is 0.119 e. The van der Waals surface area contributed by atoms with Gasteiger partial charge in [0.05, 0.1) is 14.2 Å². The van der Waals surface area contributed by atoms with E-state index in [2.05, 4.69) is 65.6 Å². The molecule has 2 fully saturated rings. The summed E-state index contributed by atoms with van der Waals surface area (Å²) in [6.07, 6.45) is 10.8. The number of benzene rings is 2. The number of methoxy groups -OCH3 is 2. The maximum atomic E-state index is 6.12. The maximum Gasteiger partial charge on any atom is 0.119 e. The highest BCUT2D eigenvalue weighted by Gasteiger charge is 2.44. The zero-order chi connectivity index (χ0) is 23.8. The Balaban J connectivity index is 1.29. The van der Waals surface area contributed by atoms with E-state index in [0.717, 1.165) is 30.4 Å². The van der Waals surface area contributed by atoms with Gasteiger partial charge in [0.2, 0.25) is 0 Å². The van der Waals surface area contributed by atoms with E-state index in [1.54, 1.807) is 14.2 Å². The number of hydrogen-bond acceptors (Lipinski definition) is 5. The number of ether oxygens (including phenoxy) is 3. The lowest BCUT2D eigenvalue weighted by Crippen LogP contribution is -2.33. The van der Waals surface area contributed by atoms with E-state index < -0.39 is 0 Å². The van der Waals surface area contributed by atoms with Gasteiger partial charge in [0.15, 0.2) is 0 Å². The van der Waals surface area contributed by atoms with Gasteiger partial charge in [0.25, 0.3) is 0 Å². The van der Waals surface area contributed by atoms with Crippen LogP contribution in [0.15, 0.2) is 66.5 Å². The van der Waals surface area contributed by atoms with Crippen molar-refractivity contribution in [1.82, 2.24) is 4.90 Å². The zero-order valence-electron chi connectivity index (χ0n) is 20.5. The van der Waals surface area contributed by atoms with Crippen LogP contribution in [0.1, 0.15) is 24.8 Å². The van der Waals surface area contributed by atoms with Gasteiger partial charge in [-0.1, -0.05) is 24.6 Å². The number of piperidine rings is 1. The van der Waals surface area contributed by atoms with Gasteiger partial charge in [-0.25, -0.2) is 0 Å². The van der Waals surface area contributed by atoms with Gasteiger partial charge < -0.3 is 14.2 Å². The summed E-state index contributed by atoms with van der Waals surface area (Å²) >= 11 is 1.98. The summed E-state index contributed by atoms with van der Waals surface area (Å²) in [6.45, 7) is 4.17. The number of allylic oxidation sites excluding steroid dienone is 2. The molecule has 5 heteroatoms. The molecule has 182 valence electrons. The molecule has 3 atom stereocenters. The molecule has 2 saturated heterocycles. The van der Waals surface area contributed by atoms with Gasteiger partial charge in [0.1, 0.15) is 23.9 Å². The molecule has 3 unspecified atom stereocenters. The summed E-state index contributed by atoms with van der Waals surface area (Å²) in [6, 6.07) is 15.3. The minimum atomic E-state index is 0.351. The molecular formula is C30H33NO3S. The summed E-state index contributed by atoms with van der Waals surface area (Å²) < 4.78 is 17.2. The van der Waals surface area contributed by atoms with Crippen LogP contribution in [-0.2, 0) is 4.74 Å². The first-order chi connectivity index (χ1) is 17.2. The Morgan fingerprint density at radius 1 is 0.914 bits per heavy atom. The van der Waals surface area contributed by atoms with Crippen molar-refractivity contribution in [3.05, 3.63) is 82.5 Å². The van der Waals surface area contributed by atoms with E-state index in [-0.39, 0.29) is 0 Å². The predicted molar refractivity (Wildman–Crippen MR) is 143 cm³/mol. The van der Waals surface area contributed by atoms with Gasteiger partial charge >= 0.3 is 0 Å². The van der Waals surface area contributed by atoms with Crippen LogP contribution in [-0.4, -0.2) is 50.6 Å². The Bertz CT molecular complexity index is 1270. The summed E-state index contributed by atoms with van der Waals surface area (Å²) in [4.78, 5) is 3.98. The van der Waals surface area contributed by atoms with Crippen LogP contribution in [0.2, 0.25) is 0 Å². The number of likely N-dealkylation sites (tertiary alicyclic amines) is 1. The highest BCUT2D eigenvalue weighted by atomic mass is 32.2. The standard InChI is InChI=1S/C30H33NO3S/c1-32-22-10-12-24-26(18-22)28(29-25-13-11-23(33-2)19-27(25)35-30(24)29)20-6-8-21(9-7-20)34-17-16-31-14-4-3-5-15-31/h6-13,18-19,25,27,29H,3-5,14-17H2,1-2H3. The van der Waals surface area contributed by atoms with Crippen molar-refractivity contribution in [2.75, 3.05) is 40.5 Å². The van der Waals surface area contributed by atoms with E-state index >= 15 is 0 Å². The Labute approximate surface area is 211 Å². The molecule has 2 aliphatic heterocycles. The molecule has 0 aromatic heterocycles. The molecule has 2 aliphatic carbocycles. The molecule has 0 amide bonds. The Morgan fingerprint density at radius 3 is 2.49 bits per heavy atom. The van der Waals surface area contributed by atoms with Crippen LogP contribution in [0.4, 0.5) is 0 Å². The van der Waals surface area contributed by atoms with E-state index in [9.17, 15) is 0 Å². The lowest BCUT2D eigenvalue weighted by molar-refractivity contribution is 0.183. The van der Waals surface area contributed by atoms with Crippen molar-refractivity contribution < 1.29 is 14.2 Å². The molecule has 0 N–H and O–H groups in total. The van der Waals surface area contributed by atoms with Crippen molar-refractivity contribution in [2.45, 2.75) is 24.5 Å². The first-order valence-electron chi connectivity index (χ1n) is 12.7. The van der Waals surface area contributed by atoms with Crippen LogP contribution in [0.3, 0.4) is 0 Å². The minimum Gasteiger partial charge on any atom is -0.497 e. The number of fused-ring (bicyclic) bond motifs is 4. The Hall–Kier alpha value is -2.63. The number of rotatable bonds is 7. The Morgan fingerprint density at radius 2 is 1.71 bits per heavy atom. The van der Waals surface area contributed by atoms with Crippen molar-refractivity contribution >= 4 is 22.2 Å². The molecule has 0 radical (unpaired) electrons. The van der Waals surface area contributed by atoms with Crippen molar-refractivity contribution in [3.8, 4) is 11.5 Å². The van der Waals surface area contributed by atoms with E-state index in [0.29, 0.717) is 17.1 Å². The average molecular weight is 488 g/mol. The quantitative estimate of drug-likeness (QED) is 0.580. The number of nitrogens with zero attached hydrogens (tertiary/aromatic N) is 1. The molecule has 2 aromatic carbocycles. The summed E-state index contributed by atoms with van der Waals surface area (Å²) in [5.74, 6) is 3.58. The molecule has 35 heavy (non-hydrogen) atoms. The van der Waals surface area contributed by atoms with Gasteiger partial charge in [-0.2, -0.15) is 0 Å². The number of thioether (sulfide) groups is 1. The molecule has 6 rings (SSSR count). The largest absolute Gasteiger partial charge is 0.497 e. The topological polar surface area (TPSA) is 30.9 Å². The Kier molecular flexibility index (Phi) is 6.38. The molecule has 0 saturated carbocycles.